The van der Waals surface area contributed by atoms with Crippen LogP contribution in [0.1, 0.15) is 23.6 Å². The van der Waals surface area contributed by atoms with Gasteiger partial charge in [-0.05, 0) is 68.0 Å². The number of hydrogen-bond donors (Lipinski definition) is 0. The first-order valence-corrected chi connectivity index (χ1v) is 10.7. The van der Waals surface area contributed by atoms with Crippen molar-refractivity contribution in [3.8, 4) is 17.2 Å². The number of carbonyl (C=O) groups excluding carboxylic acids is 1. The molecule has 6 nitrogen and oxygen atoms in total. The molecule has 0 aliphatic carbocycles. The molecule has 0 unspecified atom stereocenters. The van der Waals surface area contributed by atoms with E-state index >= 15 is 0 Å². The lowest BCUT2D eigenvalue weighted by Gasteiger charge is -2.19. The van der Waals surface area contributed by atoms with Gasteiger partial charge >= 0.3 is 0 Å². The minimum absolute atomic E-state index is 0.203. The summed E-state index contributed by atoms with van der Waals surface area (Å²) in [6.07, 6.45) is 1.76. The van der Waals surface area contributed by atoms with Crippen molar-refractivity contribution in [1.82, 2.24) is 0 Å². The van der Waals surface area contributed by atoms with Crippen LogP contribution in [0.5, 0.6) is 17.2 Å². The molecule has 1 amide bonds. The van der Waals surface area contributed by atoms with E-state index in [2.05, 4.69) is 0 Å². The largest absolute Gasteiger partial charge is 0.494 e. The summed E-state index contributed by atoms with van der Waals surface area (Å²) in [6, 6.07) is 20.9. The molecular formula is C27H26N2O4. The first-order valence-electron chi connectivity index (χ1n) is 10.7. The first kappa shape index (κ1) is 22.1. The monoisotopic (exact) mass is 442 g/mol. The highest BCUT2D eigenvalue weighted by atomic mass is 16.5. The molecule has 1 heterocycles. The second kappa shape index (κ2) is 9.61. The van der Waals surface area contributed by atoms with E-state index < -0.39 is 0 Å². The fourth-order valence-electron chi connectivity index (χ4n) is 3.69. The fraction of sp³-hybridized carbons (Fsp3) is 0.185. The van der Waals surface area contributed by atoms with Gasteiger partial charge in [-0.15, -0.1) is 0 Å². The number of rotatable bonds is 7. The molecule has 33 heavy (non-hydrogen) atoms. The van der Waals surface area contributed by atoms with Crippen molar-refractivity contribution in [1.29, 1.82) is 0 Å². The minimum atomic E-state index is -0.203. The summed E-state index contributed by atoms with van der Waals surface area (Å²) in [5.41, 5.74) is 3.81. The number of anilines is 1. The Morgan fingerprint density at radius 1 is 0.939 bits per heavy atom. The minimum Gasteiger partial charge on any atom is -0.494 e. The molecule has 4 rings (SSSR count). The summed E-state index contributed by atoms with van der Waals surface area (Å²) in [7, 11) is 3.17. The lowest BCUT2D eigenvalue weighted by molar-refractivity contribution is -0.113. The number of amides is 1. The highest BCUT2D eigenvalue weighted by molar-refractivity contribution is 6.33. The lowest BCUT2D eigenvalue weighted by Crippen LogP contribution is -2.32. The molecule has 168 valence electrons. The summed E-state index contributed by atoms with van der Waals surface area (Å²) in [6.45, 7) is 4.53. The van der Waals surface area contributed by atoms with E-state index in [0.717, 1.165) is 28.1 Å². The van der Waals surface area contributed by atoms with Crippen molar-refractivity contribution in [2.45, 2.75) is 13.8 Å². The quantitative estimate of drug-likeness (QED) is 0.469. The normalized spacial score (nSPS) is 14.4. The Balaban J connectivity index is 1.78. The number of aliphatic imine (C=N–C) groups is 1. The maximum Gasteiger partial charge on any atom is 0.282 e. The number of benzene rings is 3. The van der Waals surface area contributed by atoms with Crippen LogP contribution in [0.2, 0.25) is 0 Å². The van der Waals surface area contributed by atoms with Crippen LogP contribution in [0, 0.1) is 6.92 Å². The third-order valence-electron chi connectivity index (χ3n) is 5.25. The number of amidine groups is 1. The number of ether oxygens (including phenoxy) is 3. The smallest absolute Gasteiger partial charge is 0.282 e. The van der Waals surface area contributed by atoms with Gasteiger partial charge < -0.3 is 14.2 Å². The maximum absolute atomic E-state index is 13.5. The molecule has 0 aromatic heterocycles. The molecule has 3 aromatic carbocycles. The van der Waals surface area contributed by atoms with Crippen LogP contribution in [-0.4, -0.2) is 32.6 Å². The number of aryl methyl sites for hydroxylation is 1. The molecule has 1 aliphatic rings. The van der Waals surface area contributed by atoms with Gasteiger partial charge in [0, 0.05) is 5.56 Å². The predicted molar refractivity (Wildman–Crippen MR) is 130 cm³/mol. The lowest BCUT2D eigenvalue weighted by atomic mass is 10.1. The molecule has 0 spiro atoms. The zero-order valence-corrected chi connectivity index (χ0v) is 19.2. The van der Waals surface area contributed by atoms with Crippen molar-refractivity contribution in [2.24, 2.45) is 4.99 Å². The Bertz CT molecular complexity index is 1230. The van der Waals surface area contributed by atoms with Crippen LogP contribution < -0.4 is 19.1 Å². The van der Waals surface area contributed by atoms with Gasteiger partial charge in [0.1, 0.15) is 17.3 Å². The van der Waals surface area contributed by atoms with Gasteiger partial charge in [0.05, 0.1) is 26.5 Å². The molecule has 1 aliphatic heterocycles. The highest BCUT2D eigenvalue weighted by Gasteiger charge is 2.32. The van der Waals surface area contributed by atoms with Crippen molar-refractivity contribution < 1.29 is 19.0 Å². The van der Waals surface area contributed by atoms with Gasteiger partial charge in [0.25, 0.3) is 5.91 Å². The average Bonchev–Trinajstić information content (AvgIpc) is 3.15. The Hall–Kier alpha value is -4.06. The molecule has 0 N–H and O–H groups in total. The van der Waals surface area contributed by atoms with Crippen LogP contribution in [0.4, 0.5) is 5.69 Å². The van der Waals surface area contributed by atoms with Gasteiger partial charge in [-0.1, -0.05) is 29.8 Å². The van der Waals surface area contributed by atoms with E-state index in [0.29, 0.717) is 29.6 Å². The van der Waals surface area contributed by atoms with Gasteiger partial charge in [0.2, 0.25) is 0 Å². The second-order valence-electron chi connectivity index (χ2n) is 7.52. The third-order valence-corrected chi connectivity index (χ3v) is 5.25. The van der Waals surface area contributed by atoms with Crippen LogP contribution in [0.15, 0.2) is 77.4 Å². The summed E-state index contributed by atoms with van der Waals surface area (Å²) in [5, 5.41) is 0. The molecule has 0 fully saturated rings. The summed E-state index contributed by atoms with van der Waals surface area (Å²) >= 11 is 0. The summed E-state index contributed by atoms with van der Waals surface area (Å²) in [4.78, 5) is 19.9. The first-order chi connectivity index (χ1) is 16.0. The number of nitrogens with zero attached hydrogens (tertiary/aromatic N) is 2. The fourth-order valence-corrected chi connectivity index (χ4v) is 3.69. The molecule has 0 saturated heterocycles. The molecule has 0 atom stereocenters. The van der Waals surface area contributed by atoms with E-state index in [-0.39, 0.29) is 5.91 Å². The Labute approximate surface area is 193 Å². The SMILES string of the molecule is CCOc1ccc(N2C(=O)/C(=C\c3ccc(OC)c(OC)c3)N=C2c2cccc(C)c2)cc1. The van der Waals surface area contributed by atoms with E-state index in [1.807, 2.05) is 74.5 Å². The van der Waals surface area contributed by atoms with Crippen molar-refractivity contribution >= 4 is 23.5 Å². The summed E-state index contributed by atoms with van der Waals surface area (Å²) < 4.78 is 16.3. The molecule has 6 heteroatoms. The van der Waals surface area contributed by atoms with E-state index in [1.54, 1.807) is 31.3 Å². The summed E-state index contributed by atoms with van der Waals surface area (Å²) in [5.74, 6) is 2.34. The molecule has 0 saturated carbocycles. The number of hydrogen-bond acceptors (Lipinski definition) is 5. The van der Waals surface area contributed by atoms with Crippen LogP contribution in [-0.2, 0) is 4.79 Å². The zero-order valence-electron chi connectivity index (χ0n) is 19.2. The van der Waals surface area contributed by atoms with E-state index in [9.17, 15) is 4.79 Å². The van der Waals surface area contributed by atoms with Gasteiger partial charge in [0.15, 0.2) is 11.5 Å². The second-order valence-corrected chi connectivity index (χ2v) is 7.52. The van der Waals surface area contributed by atoms with Crippen molar-refractivity contribution in [2.75, 3.05) is 25.7 Å². The van der Waals surface area contributed by atoms with Crippen LogP contribution >= 0.6 is 0 Å². The van der Waals surface area contributed by atoms with Crippen molar-refractivity contribution in [3.63, 3.8) is 0 Å². The Morgan fingerprint density at radius 3 is 2.36 bits per heavy atom. The van der Waals surface area contributed by atoms with E-state index in [4.69, 9.17) is 19.2 Å². The van der Waals surface area contributed by atoms with Gasteiger partial charge in [-0.3, -0.25) is 9.69 Å². The number of carbonyl (C=O) groups is 1. The average molecular weight is 443 g/mol. The Morgan fingerprint density at radius 2 is 1.70 bits per heavy atom. The van der Waals surface area contributed by atoms with Gasteiger partial charge in [-0.2, -0.15) is 0 Å². The Kier molecular flexibility index (Phi) is 6.45. The third kappa shape index (κ3) is 4.60. The topological polar surface area (TPSA) is 60.4 Å². The van der Waals surface area contributed by atoms with Crippen molar-refractivity contribution in [3.05, 3.63) is 89.1 Å². The van der Waals surface area contributed by atoms with Crippen LogP contribution in [0.25, 0.3) is 6.08 Å². The zero-order chi connectivity index (χ0) is 23.4. The molecule has 0 radical (unpaired) electrons. The molecular weight excluding hydrogens is 416 g/mol. The van der Waals surface area contributed by atoms with E-state index in [1.165, 1.54) is 0 Å². The van der Waals surface area contributed by atoms with Gasteiger partial charge in [-0.25, -0.2) is 4.99 Å². The van der Waals surface area contributed by atoms with Crippen LogP contribution in [0.3, 0.4) is 0 Å². The maximum atomic E-state index is 13.5. The molecule has 3 aromatic rings. The highest BCUT2D eigenvalue weighted by Crippen LogP contribution is 2.32. The number of methoxy groups -OCH3 is 2. The molecule has 0 bridgehead atoms. The standard InChI is InChI=1S/C27H26N2O4/c1-5-33-22-12-10-21(11-13-22)29-26(20-8-6-7-18(2)15-20)28-23(27(29)30)16-19-9-14-24(31-3)25(17-19)32-4/h6-17H,5H2,1-4H3/b23-16+. The predicted octanol–water partition coefficient (Wildman–Crippen LogP) is 5.25.